The molecule has 0 spiro atoms. The van der Waals surface area contributed by atoms with E-state index in [-0.39, 0.29) is 5.91 Å². The summed E-state index contributed by atoms with van der Waals surface area (Å²) >= 11 is 0. The highest BCUT2D eigenvalue weighted by Gasteiger charge is 2.49. The molecule has 1 atom stereocenters. The minimum atomic E-state index is -1.02. The zero-order valence-corrected chi connectivity index (χ0v) is 13.0. The van der Waals surface area contributed by atoms with Crippen molar-refractivity contribution in [3.8, 4) is 0 Å². The number of hydrogen-bond acceptors (Lipinski definition) is 2. The van der Waals surface area contributed by atoms with E-state index in [1.165, 1.54) is 0 Å². The van der Waals surface area contributed by atoms with Gasteiger partial charge in [-0.3, -0.25) is 4.79 Å². The molecule has 2 rings (SSSR count). The first-order chi connectivity index (χ1) is 9.92. The number of aliphatic carboxylic acids is 1. The molecule has 4 heteroatoms. The average Bonchev–Trinajstić information content (AvgIpc) is 2.86. The zero-order chi connectivity index (χ0) is 15.6. The molecular weight excluding hydrogens is 266 g/mol. The van der Waals surface area contributed by atoms with Crippen molar-refractivity contribution in [2.45, 2.75) is 52.0 Å². The first-order valence-electron chi connectivity index (χ1n) is 7.55. The molecule has 1 aliphatic heterocycles. The molecule has 1 aromatic rings. The number of rotatable bonds is 4. The number of carbonyl (C=O) groups excluding carboxylic acids is 1. The molecule has 21 heavy (non-hydrogen) atoms. The number of carboxylic acids is 1. The monoisotopic (exact) mass is 289 g/mol. The Morgan fingerprint density at radius 1 is 1.29 bits per heavy atom. The number of carbonyl (C=O) groups is 2. The van der Waals surface area contributed by atoms with Gasteiger partial charge in [-0.05, 0) is 56.4 Å². The number of benzene rings is 1. The van der Waals surface area contributed by atoms with Crippen molar-refractivity contribution in [2.24, 2.45) is 0 Å². The molecule has 0 saturated carbocycles. The van der Waals surface area contributed by atoms with Gasteiger partial charge in [0.05, 0.1) is 0 Å². The smallest absolute Gasteiger partial charge is 0.329 e. The topological polar surface area (TPSA) is 57.6 Å². The maximum Gasteiger partial charge on any atom is 0.329 e. The van der Waals surface area contributed by atoms with Crippen molar-refractivity contribution in [1.82, 2.24) is 4.90 Å². The number of aryl methyl sites for hydroxylation is 2. The van der Waals surface area contributed by atoms with E-state index in [9.17, 15) is 14.7 Å². The number of carboxylic acid groups (broad SMARTS) is 1. The van der Waals surface area contributed by atoms with Gasteiger partial charge in [-0.1, -0.05) is 19.4 Å². The van der Waals surface area contributed by atoms with Crippen LogP contribution in [0.25, 0.3) is 0 Å². The standard InChI is InChI=1S/C17H23NO3/c1-4-8-17(16(20)21)9-5-10-18(17)15(19)14-7-6-12(2)13(3)11-14/h6-7,11H,4-5,8-10H2,1-3H3,(H,20,21). The lowest BCUT2D eigenvalue weighted by molar-refractivity contribution is -0.148. The molecule has 0 aromatic heterocycles. The Morgan fingerprint density at radius 3 is 2.57 bits per heavy atom. The molecule has 0 radical (unpaired) electrons. The van der Waals surface area contributed by atoms with Crippen molar-refractivity contribution in [1.29, 1.82) is 0 Å². The summed E-state index contributed by atoms with van der Waals surface area (Å²) in [5.41, 5.74) is 1.74. The SMILES string of the molecule is CCCC1(C(=O)O)CCCN1C(=O)c1ccc(C)c(C)c1. The maximum absolute atomic E-state index is 12.8. The fourth-order valence-corrected chi connectivity index (χ4v) is 3.21. The van der Waals surface area contributed by atoms with Gasteiger partial charge in [-0.2, -0.15) is 0 Å². The van der Waals surface area contributed by atoms with Crippen LogP contribution < -0.4 is 0 Å². The third-order valence-electron chi connectivity index (χ3n) is 4.55. The predicted octanol–water partition coefficient (Wildman–Crippen LogP) is 3.16. The third-order valence-corrected chi connectivity index (χ3v) is 4.55. The highest BCUT2D eigenvalue weighted by molar-refractivity contribution is 5.98. The van der Waals surface area contributed by atoms with Gasteiger partial charge < -0.3 is 10.0 Å². The van der Waals surface area contributed by atoms with Gasteiger partial charge >= 0.3 is 5.97 Å². The largest absolute Gasteiger partial charge is 0.479 e. The summed E-state index contributed by atoms with van der Waals surface area (Å²) in [4.78, 5) is 26.1. The molecule has 114 valence electrons. The second-order valence-corrected chi connectivity index (χ2v) is 5.95. The lowest BCUT2D eigenvalue weighted by Crippen LogP contribution is -2.53. The first-order valence-corrected chi connectivity index (χ1v) is 7.55. The van der Waals surface area contributed by atoms with Crippen molar-refractivity contribution < 1.29 is 14.7 Å². The van der Waals surface area contributed by atoms with Crippen LogP contribution in [0.15, 0.2) is 18.2 Å². The summed E-state index contributed by atoms with van der Waals surface area (Å²) in [7, 11) is 0. The fraction of sp³-hybridized carbons (Fsp3) is 0.529. The van der Waals surface area contributed by atoms with Crippen LogP contribution in [-0.2, 0) is 4.79 Å². The van der Waals surface area contributed by atoms with E-state index in [1.54, 1.807) is 11.0 Å². The van der Waals surface area contributed by atoms with Gasteiger partial charge in [0.1, 0.15) is 5.54 Å². The van der Waals surface area contributed by atoms with E-state index in [0.717, 1.165) is 24.0 Å². The van der Waals surface area contributed by atoms with E-state index < -0.39 is 11.5 Å². The quantitative estimate of drug-likeness (QED) is 0.926. The first kappa shape index (κ1) is 15.5. The van der Waals surface area contributed by atoms with E-state index in [1.807, 2.05) is 32.9 Å². The molecule has 4 nitrogen and oxygen atoms in total. The van der Waals surface area contributed by atoms with Gasteiger partial charge in [0.25, 0.3) is 5.91 Å². The van der Waals surface area contributed by atoms with E-state index in [0.29, 0.717) is 24.9 Å². The number of likely N-dealkylation sites (tertiary alicyclic amines) is 1. The fourth-order valence-electron chi connectivity index (χ4n) is 3.21. The van der Waals surface area contributed by atoms with Crippen LogP contribution in [0.4, 0.5) is 0 Å². The highest BCUT2D eigenvalue weighted by atomic mass is 16.4. The van der Waals surface area contributed by atoms with Crippen LogP contribution in [0.3, 0.4) is 0 Å². The molecule has 1 fully saturated rings. The van der Waals surface area contributed by atoms with Crippen molar-refractivity contribution in [2.75, 3.05) is 6.54 Å². The molecule has 1 N–H and O–H groups in total. The molecule has 1 aromatic carbocycles. The maximum atomic E-state index is 12.8. The van der Waals surface area contributed by atoms with Crippen molar-refractivity contribution in [3.63, 3.8) is 0 Å². The second kappa shape index (κ2) is 5.88. The van der Waals surface area contributed by atoms with Crippen LogP contribution in [0.1, 0.15) is 54.1 Å². The summed E-state index contributed by atoms with van der Waals surface area (Å²) in [6, 6.07) is 5.57. The van der Waals surface area contributed by atoms with E-state index in [4.69, 9.17) is 0 Å². The molecule has 1 unspecified atom stereocenters. The molecule has 0 aliphatic carbocycles. The Hall–Kier alpha value is -1.84. The lowest BCUT2D eigenvalue weighted by Gasteiger charge is -2.34. The van der Waals surface area contributed by atoms with Gasteiger partial charge in [0.15, 0.2) is 0 Å². The highest BCUT2D eigenvalue weighted by Crippen LogP contribution is 2.35. The second-order valence-electron chi connectivity index (χ2n) is 5.95. The summed E-state index contributed by atoms with van der Waals surface area (Å²) < 4.78 is 0. The van der Waals surface area contributed by atoms with E-state index >= 15 is 0 Å². The summed E-state index contributed by atoms with van der Waals surface area (Å²) in [6.45, 7) is 6.45. The minimum absolute atomic E-state index is 0.161. The number of hydrogen-bond donors (Lipinski definition) is 1. The summed E-state index contributed by atoms with van der Waals surface area (Å²) in [5.74, 6) is -1.04. The molecule has 1 heterocycles. The Bertz CT molecular complexity index is 567. The van der Waals surface area contributed by atoms with Gasteiger partial charge in [-0.25, -0.2) is 4.79 Å². The molecule has 0 bridgehead atoms. The minimum Gasteiger partial charge on any atom is -0.479 e. The molecule has 1 aliphatic rings. The Kier molecular flexibility index (Phi) is 4.35. The molecular formula is C17H23NO3. The molecule has 1 saturated heterocycles. The summed E-state index contributed by atoms with van der Waals surface area (Å²) in [6.07, 6.45) is 2.57. The zero-order valence-electron chi connectivity index (χ0n) is 13.0. The van der Waals surface area contributed by atoms with Gasteiger partial charge in [0.2, 0.25) is 0 Å². The van der Waals surface area contributed by atoms with Crippen LogP contribution in [0, 0.1) is 13.8 Å². The predicted molar refractivity (Wildman–Crippen MR) is 81.5 cm³/mol. The van der Waals surface area contributed by atoms with Crippen LogP contribution in [0.5, 0.6) is 0 Å². The Morgan fingerprint density at radius 2 is 2.00 bits per heavy atom. The lowest BCUT2D eigenvalue weighted by atomic mass is 9.90. The Balaban J connectivity index is 2.36. The van der Waals surface area contributed by atoms with Crippen LogP contribution in [0.2, 0.25) is 0 Å². The average molecular weight is 289 g/mol. The van der Waals surface area contributed by atoms with Crippen molar-refractivity contribution in [3.05, 3.63) is 34.9 Å². The van der Waals surface area contributed by atoms with Gasteiger partial charge in [-0.15, -0.1) is 0 Å². The number of amides is 1. The van der Waals surface area contributed by atoms with Crippen LogP contribution >= 0.6 is 0 Å². The molecule has 1 amide bonds. The van der Waals surface area contributed by atoms with E-state index in [2.05, 4.69) is 0 Å². The number of nitrogens with zero attached hydrogens (tertiary/aromatic N) is 1. The summed E-state index contributed by atoms with van der Waals surface area (Å²) in [5, 5.41) is 9.67. The van der Waals surface area contributed by atoms with Gasteiger partial charge in [0, 0.05) is 12.1 Å². The third kappa shape index (κ3) is 2.67. The van der Waals surface area contributed by atoms with Crippen LogP contribution in [-0.4, -0.2) is 34.0 Å². The Labute approximate surface area is 125 Å². The normalized spacial score (nSPS) is 21.6. The van der Waals surface area contributed by atoms with Crippen molar-refractivity contribution >= 4 is 11.9 Å².